The van der Waals surface area contributed by atoms with Gasteiger partial charge in [0, 0.05) is 39.9 Å². The number of nitrogens with zero attached hydrogens (tertiary/aromatic N) is 1. The van der Waals surface area contributed by atoms with Gasteiger partial charge < -0.3 is 9.73 Å². The molecule has 1 N–H and O–H groups in total. The van der Waals surface area contributed by atoms with Gasteiger partial charge in [-0.25, -0.2) is 0 Å². The number of carbonyl (C=O) groups excluding carboxylic acids is 1. The lowest BCUT2D eigenvalue weighted by molar-refractivity contribution is 0.0904. The average molecular weight is 447 g/mol. The topological polar surface area (TPSA) is 45.5 Å². The van der Waals surface area contributed by atoms with Crippen molar-refractivity contribution in [2.24, 2.45) is 5.92 Å². The van der Waals surface area contributed by atoms with E-state index in [2.05, 4.69) is 43.7 Å². The lowest BCUT2D eigenvalue weighted by Gasteiger charge is -2.32. The molecule has 0 aliphatic carbocycles. The number of fused-ring (bicyclic) bond motifs is 1. The van der Waals surface area contributed by atoms with Crippen molar-refractivity contribution in [3.63, 3.8) is 0 Å². The Morgan fingerprint density at radius 1 is 1.41 bits per heavy atom. The summed E-state index contributed by atoms with van der Waals surface area (Å²) in [7, 11) is 0. The van der Waals surface area contributed by atoms with Crippen LogP contribution in [0.15, 0.2) is 44.6 Å². The molecule has 27 heavy (non-hydrogen) atoms. The molecule has 1 aromatic carbocycles. The van der Waals surface area contributed by atoms with Crippen LogP contribution in [0.3, 0.4) is 0 Å². The molecule has 3 heterocycles. The van der Waals surface area contributed by atoms with E-state index >= 15 is 0 Å². The number of rotatable bonds is 5. The Balaban J connectivity index is 1.37. The summed E-state index contributed by atoms with van der Waals surface area (Å²) in [5, 5.41) is 6.21. The van der Waals surface area contributed by atoms with Crippen molar-refractivity contribution < 1.29 is 9.21 Å². The normalized spacial score (nSPS) is 18.1. The number of nitrogens with one attached hydrogen (secondary N) is 1. The molecule has 6 heteroatoms. The van der Waals surface area contributed by atoms with Gasteiger partial charge in [0.1, 0.15) is 5.58 Å². The maximum atomic E-state index is 12.7. The van der Waals surface area contributed by atoms with Gasteiger partial charge in [0.15, 0.2) is 5.76 Å². The Hall–Kier alpha value is -1.63. The van der Waals surface area contributed by atoms with Crippen LogP contribution >= 0.6 is 27.3 Å². The fraction of sp³-hybridized carbons (Fsp3) is 0.381. The highest BCUT2D eigenvalue weighted by Crippen LogP contribution is 2.28. The van der Waals surface area contributed by atoms with Gasteiger partial charge >= 0.3 is 0 Å². The highest BCUT2D eigenvalue weighted by atomic mass is 79.9. The molecule has 4 nitrogen and oxygen atoms in total. The van der Waals surface area contributed by atoms with E-state index in [0.29, 0.717) is 18.2 Å². The van der Waals surface area contributed by atoms with Gasteiger partial charge in [-0.1, -0.05) is 22.0 Å². The monoisotopic (exact) mass is 446 g/mol. The van der Waals surface area contributed by atoms with Gasteiger partial charge in [-0.3, -0.25) is 9.69 Å². The van der Waals surface area contributed by atoms with E-state index in [-0.39, 0.29) is 5.91 Å². The molecule has 0 radical (unpaired) electrons. The van der Waals surface area contributed by atoms with Crippen LogP contribution in [0.2, 0.25) is 0 Å². The zero-order valence-electron chi connectivity index (χ0n) is 15.3. The summed E-state index contributed by atoms with van der Waals surface area (Å²) in [6, 6.07) is 10.1. The lowest BCUT2D eigenvalue weighted by atomic mass is 9.98. The third-order valence-corrected chi connectivity index (χ3v) is 6.57. The van der Waals surface area contributed by atoms with Gasteiger partial charge in [-0.2, -0.15) is 0 Å². The fourth-order valence-electron chi connectivity index (χ4n) is 3.81. The molecule has 1 atom stereocenters. The van der Waals surface area contributed by atoms with Crippen LogP contribution < -0.4 is 5.32 Å². The minimum atomic E-state index is -0.116. The van der Waals surface area contributed by atoms with Gasteiger partial charge in [0.25, 0.3) is 5.91 Å². The number of likely N-dealkylation sites (tertiary alicyclic amines) is 1. The summed E-state index contributed by atoms with van der Waals surface area (Å²) < 4.78 is 6.79. The highest BCUT2D eigenvalue weighted by Gasteiger charge is 2.23. The second-order valence-electron chi connectivity index (χ2n) is 7.23. The van der Waals surface area contributed by atoms with Gasteiger partial charge in [-0.15, -0.1) is 11.3 Å². The zero-order chi connectivity index (χ0) is 18.8. The average Bonchev–Trinajstić information content (AvgIpc) is 3.28. The molecule has 1 aliphatic heterocycles. The summed E-state index contributed by atoms with van der Waals surface area (Å²) in [5.41, 5.74) is 1.65. The Kier molecular flexibility index (Phi) is 5.66. The molecule has 0 bridgehead atoms. The summed E-state index contributed by atoms with van der Waals surface area (Å²) in [5.74, 6) is 0.797. The number of piperidine rings is 1. The SMILES string of the molecule is Cc1c(C(=O)NCC2CCCN(Cc3cccs3)C2)oc2ccc(Br)cc12. The number of amides is 1. The number of aryl methyl sites for hydroxylation is 1. The molecular formula is C21H23BrN2O2S. The fourth-order valence-corrected chi connectivity index (χ4v) is 4.92. The predicted octanol–water partition coefficient (Wildman–Crippen LogP) is 5.21. The number of halogens is 1. The van der Waals surface area contributed by atoms with E-state index in [1.54, 1.807) is 0 Å². The van der Waals surface area contributed by atoms with Crippen LogP contribution in [0.1, 0.15) is 33.8 Å². The van der Waals surface area contributed by atoms with Crippen LogP contribution in [0.5, 0.6) is 0 Å². The molecule has 0 spiro atoms. The summed E-state index contributed by atoms with van der Waals surface area (Å²) in [6.07, 6.45) is 2.34. The third-order valence-electron chi connectivity index (χ3n) is 5.22. The number of furan rings is 1. The van der Waals surface area contributed by atoms with Gasteiger partial charge in [0.2, 0.25) is 0 Å². The van der Waals surface area contributed by atoms with Crippen molar-refractivity contribution in [2.75, 3.05) is 19.6 Å². The van der Waals surface area contributed by atoms with Crippen molar-refractivity contribution in [1.29, 1.82) is 0 Å². The third kappa shape index (κ3) is 4.28. The Bertz CT molecular complexity index is 935. The van der Waals surface area contributed by atoms with Crippen molar-refractivity contribution in [3.05, 3.63) is 56.4 Å². The molecule has 1 fully saturated rings. The van der Waals surface area contributed by atoms with Crippen LogP contribution in [0.25, 0.3) is 11.0 Å². The van der Waals surface area contributed by atoms with E-state index < -0.39 is 0 Å². The lowest BCUT2D eigenvalue weighted by Crippen LogP contribution is -2.40. The largest absolute Gasteiger partial charge is 0.451 e. The van der Waals surface area contributed by atoms with E-state index in [9.17, 15) is 4.79 Å². The molecule has 1 unspecified atom stereocenters. The Morgan fingerprint density at radius 3 is 3.11 bits per heavy atom. The first-order chi connectivity index (χ1) is 13.1. The Labute approximate surface area is 171 Å². The van der Waals surface area contributed by atoms with E-state index in [1.165, 1.54) is 11.3 Å². The van der Waals surface area contributed by atoms with Gasteiger partial charge in [0.05, 0.1) is 0 Å². The zero-order valence-corrected chi connectivity index (χ0v) is 17.7. The molecule has 1 amide bonds. The van der Waals surface area contributed by atoms with Crippen LogP contribution in [0, 0.1) is 12.8 Å². The minimum absolute atomic E-state index is 0.116. The second-order valence-corrected chi connectivity index (χ2v) is 9.18. The number of hydrogen-bond donors (Lipinski definition) is 1. The van der Waals surface area contributed by atoms with E-state index in [4.69, 9.17) is 4.42 Å². The molecule has 1 saturated heterocycles. The number of carbonyl (C=O) groups is 1. The smallest absolute Gasteiger partial charge is 0.287 e. The molecule has 0 saturated carbocycles. The predicted molar refractivity (Wildman–Crippen MR) is 113 cm³/mol. The number of hydrogen-bond acceptors (Lipinski definition) is 4. The molecule has 142 valence electrons. The summed E-state index contributed by atoms with van der Waals surface area (Å²) >= 11 is 5.29. The van der Waals surface area contributed by atoms with Crippen molar-refractivity contribution in [2.45, 2.75) is 26.3 Å². The minimum Gasteiger partial charge on any atom is -0.451 e. The van der Waals surface area contributed by atoms with Gasteiger partial charge in [-0.05, 0) is 61.9 Å². The maximum Gasteiger partial charge on any atom is 0.287 e. The van der Waals surface area contributed by atoms with Crippen molar-refractivity contribution in [3.8, 4) is 0 Å². The molecule has 3 aromatic rings. The number of thiophene rings is 1. The first-order valence-electron chi connectivity index (χ1n) is 9.32. The quantitative estimate of drug-likeness (QED) is 0.584. The second kappa shape index (κ2) is 8.17. The number of benzene rings is 1. The first kappa shape index (κ1) is 18.7. The van der Waals surface area contributed by atoms with Crippen LogP contribution in [-0.4, -0.2) is 30.4 Å². The molecule has 2 aromatic heterocycles. The summed E-state index contributed by atoms with van der Waals surface area (Å²) in [4.78, 5) is 16.6. The molecular weight excluding hydrogens is 424 g/mol. The van der Waals surface area contributed by atoms with Crippen molar-refractivity contribution >= 4 is 44.1 Å². The maximum absolute atomic E-state index is 12.7. The van der Waals surface area contributed by atoms with E-state index in [1.807, 2.05) is 36.5 Å². The first-order valence-corrected chi connectivity index (χ1v) is 11.0. The van der Waals surface area contributed by atoms with Crippen LogP contribution in [0.4, 0.5) is 0 Å². The summed E-state index contributed by atoms with van der Waals surface area (Å²) in [6.45, 7) is 5.82. The molecule has 1 aliphatic rings. The highest BCUT2D eigenvalue weighted by molar-refractivity contribution is 9.10. The molecule has 4 rings (SSSR count). The van der Waals surface area contributed by atoms with Crippen LogP contribution in [-0.2, 0) is 6.54 Å². The standard InChI is InChI=1S/C21H23BrN2O2S/c1-14-18-10-16(22)6-7-19(18)26-20(14)21(25)23-11-15-4-2-8-24(12-15)13-17-5-3-9-27-17/h3,5-7,9-10,15H,2,4,8,11-13H2,1H3,(H,23,25). The van der Waals surface area contributed by atoms with E-state index in [0.717, 1.165) is 47.1 Å². The Morgan fingerprint density at radius 2 is 2.30 bits per heavy atom. The van der Waals surface area contributed by atoms with Crippen molar-refractivity contribution in [1.82, 2.24) is 10.2 Å².